The first kappa shape index (κ1) is 14.0. The van der Waals surface area contributed by atoms with Crippen LogP contribution >= 0.6 is 0 Å². The molecule has 0 unspecified atom stereocenters. The lowest BCUT2D eigenvalue weighted by molar-refractivity contribution is 0.263. The standard InChI is InChI=1S/C13H21N3O3S/c1-20(17,18)16-8-6-10(7-9-16)2-5-12-14-13(19-15-12)11-3-4-11/h10-11H,2-9H2,1H3. The molecule has 0 spiro atoms. The molecule has 0 N–H and O–H groups in total. The van der Waals surface area contributed by atoms with Crippen LogP contribution in [-0.4, -0.2) is 42.2 Å². The molecule has 0 atom stereocenters. The predicted molar refractivity (Wildman–Crippen MR) is 73.7 cm³/mol. The van der Waals surface area contributed by atoms with Crippen LogP contribution in [0, 0.1) is 5.92 Å². The van der Waals surface area contributed by atoms with Gasteiger partial charge >= 0.3 is 0 Å². The first-order valence-electron chi connectivity index (χ1n) is 7.30. The Morgan fingerprint density at radius 2 is 1.95 bits per heavy atom. The molecule has 6 nitrogen and oxygen atoms in total. The second-order valence-corrected chi connectivity index (χ2v) is 7.95. The average molecular weight is 299 g/mol. The molecule has 0 amide bonds. The van der Waals surface area contributed by atoms with E-state index >= 15 is 0 Å². The van der Waals surface area contributed by atoms with E-state index in [0.717, 1.165) is 37.4 Å². The maximum absolute atomic E-state index is 11.4. The number of piperidine rings is 1. The summed E-state index contributed by atoms with van der Waals surface area (Å²) in [5.74, 6) is 2.68. The quantitative estimate of drug-likeness (QED) is 0.824. The van der Waals surface area contributed by atoms with E-state index < -0.39 is 10.0 Å². The van der Waals surface area contributed by atoms with Crippen LogP contribution in [0.5, 0.6) is 0 Å². The van der Waals surface area contributed by atoms with Crippen molar-refractivity contribution >= 4 is 10.0 Å². The second kappa shape index (κ2) is 5.44. The Morgan fingerprint density at radius 1 is 1.25 bits per heavy atom. The average Bonchev–Trinajstić information content (AvgIpc) is 3.15. The maximum atomic E-state index is 11.4. The Kier molecular flexibility index (Phi) is 3.81. The van der Waals surface area contributed by atoms with Crippen LogP contribution in [0.25, 0.3) is 0 Å². The van der Waals surface area contributed by atoms with Crippen molar-refractivity contribution < 1.29 is 12.9 Å². The van der Waals surface area contributed by atoms with Gasteiger partial charge in [0.25, 0.3) is 0 Å². The smallest absolute Gasteiger partial charge is 0.229 e. The minimum Gasteiger partial charge on any atom is -0.339 e. The minimum atomic E-state index is -3.02. The zero-order valence-corrected chi connectivity index (χ0v) is 12.6. The van der Waals surface area contributed by atoms with E-state index in [0.29, 0.717) is 24.9 Å². The number of hydrogen-bond donors (Lipinski definition) is 0. The first-order valence-corrected chi connectivity index (χ1v) is 9.15. The highest BCUT2D eigenvalue weighted by molar-refractivity contribution is 7.88. The summed E-state index contributed by atoms with van der Waals surface area (Å²) in [4.78, 5) is 4.43. The molecule has 2 fully saturated rings. The van der Waals surface area contributed by atoms with Crippen LogP contribution in [0.1, 0.15) is 49.7 Å². The van der Waals surface area contributed by atoms with Crippen molar-refractivity contribution in [3.8, 4) is 0 Å². The lowest BCUT2D eigenvalue weighted by atomic mass is 9.93. The molecule has 112 valence electrons. The number of aromatic nitrogens is 2. The summed E-state index contributed by atoms with van der Waals surface area (Å²) >= 11 is 0. The third-order valence-electron chi connectivity index (χ3n) is 4.23. The molecule has 0 bridgehead atoms. The van der Waals surface area contributed by atoms with Gasteiger partial charge in [0.2, 0.25) is 15.9 Å². The van der Waals surface area contributed by atoms with Gasteiger partial charge in [0.05, 0.1) is 6.26 Å². The van der Waals surface area contributed by atoms with Gasteiger partial charge in [0.1, 0.15) is 0 Å². The molecule has 2 heterocycles. The molecule has 0 radical (unpaired) electrons. The van der Waals surface area contributed by atoms with Gasteiger partial charge in [-0.15, -0.1) is 0 Å². The number of nitrogens with zero attached hydrogens (tertiary/aromatic N) is 3. The first-order chi connectivity index (χ1) is 9.52. The van der Waals surface area contributed by atoms with Crippen LogP contribution in [0.15, 0.2) is 4.52 Å². The highest BCUT2D eigenvalue weighted by atomic mass is 32.2. The van der Waals surface area contributed by atoms with E-state index in [4.69, 9.17) is 4.52 Å². The van der Waals surface area contributed by atoms with E-state index in [1.807, 2.05) is 0 Å². The number of aryl methyl sites for hydroxylation is 1. The van der Waals surface area contributed by atoms with Gasteiger partial charge in [-0.05, 0) is 38.0 Å². The van der Waals surface area contributed by atoms with E-state index in [1.54, 1.807) is 4.31 Å². The molecule has 1 aliphatic carbocycles. The van der Waals surface area contributed by atoms with Gasteiger partial charge < -0.3 is 4.52 Å². The van der Waals surface area contributed by atoms with Crippen LogP contribution in [-0.2, 0) is 16.4 Å². The molecule has 0 aromatic carbocycles. The molecule has 3 rings (SSSR count). The lowest BCUT2D eigenvalue weighted by Gasteiger charge is -2.29. The van der Waals surface area contributed by atoms with Crippen molar-refractivity contribution in [2.75, 3.05) is 19.3 Å². The van der Waals surface area contributed by atoms with Crippen molar-refractivity contribution in [1.29, 1.82) is 0 Å². The molecular weight excluding hydrogens is 278 g/mol. The molecule has 1 saturated heterocycles. The van der Waals surface area contributed by atoms with Gasteiger partial charge in [-0.25, -0.2) is 12.7 Å². The molecule has 1 aromatic heterocycles. The van der Waals surface area contributed by atoms with Crippen LogP contribution < -0.4 is 0 Å². The van der Waals surface area contributed by atoms with Crippen molar-refractivity contribution in [2.24, 2.45) is 5.92 Å². The van der Waals surface area contributed by atoms with Crippen molar-refractivity contribution in [3.05, 3.63) is 11.7 Å². The summed E-state index contributed by atoms with van der Waals surface area (Å²) in [6, 6.07) is 0. The molecule has 7 heteroatoms. The fraction of sp³-hybridized carbons (Fsp3) is 0.846. The Balaban J connectivity index is 1.45. The second-order valence-electron chi connectivity index (χ2n) is 5.97. The van der Waals surface area contributed by atoms with E-state index in [-0.39, 0.29) is 0 Å². The summed E-state index contributed by atoms with van der Waals surface area (Å²) in [5, 5.41) is 4.02. The molecule has 20 heavy (non-hydrogen) atoms. The SMILES string of the molecule is CS(=O)(=O)N1CCC(CCc2noc(C3CC3)n2)CC1. The Labute approximate surface area is 119 Å². The Bertz CT molecular complexity index is 557. The van der Waals surface area contributed by atoms with E-state index in [9.17, 15) is 8.42 Å². The monoisotopic (exact) mass is 299 g/mol. The summed E-state index contributed by atoms with van der Waals surface area (Å²) in [6.07, 6.45) is 7.34. The minimum absolute atomic E-state index is 0.509. The summed E-state index contributed by atoms with van der Waals surface area (Å²) in [5.41, 5.74) is 0. The fourth-order valence-electron chi connectivity index (χ4n) is 2.73. The van der Waals surface area contributed by atoms with E-state index in [1.165, 1.54) is 19.1 Å². The Morgan fingerprint density at radius 3 is 2.55 bits per heavy atom. The molecule has 1 aromatic rings. The van der Waals surface area contributed by atoms with Crippen LogP contribution in [0.4, 0.5) is 0 Å². The van der Waals surface area contributed by atoms with Crippen LogP contribution in [0.3, 0.4) is 0 Å². The third-order valence-corrected chi connectivity index (χ3v) is 5.53. The van der Waals surface area contributed by atoms with Crippen molar-refractivity contribution in [3.63, 3.8) is 0 Å². The van der Waals surface area contributed by atoms with Gasteiger partial charge in [-0.2, -0.15) is 4.98 Å². The summed E-state index contributed by atoms with van der Waals surface area (Å²) in [6.45, 7) is 1.28. The largest absolute Gasteiger partial charge is 0.339 e. The molecule has 1 aliphatic heterocycles. The predicted octanol–water partition coefficient (Wildman–Crippen LogP) is 1.55. The van der Waals surface area contributed by atoms with Gasteiger partial charge in [-0.3, -0.25) is 0 Å². The normalized spacial score (nSPS) is 22.2. The number of hydrogen-bond acceptors (Lipinski definition) is 5. The maximum Gasteiger partial charge on any atom is 0.229 e. The molecular formula is C13H21N3O3S. The fourth-order valence-corrected chi connectivity index (χ4v) is 3.60. The van der Waals surface area contributed by atoms with Crippen molar-refractivity contribution in [2.45, 2.75) is 44.4 Å². The lowest BCUT2D eigenvalue weighted by Crippen LogP contribution is -2.37. The third kappa shape index (κ3) is 3.38. The van der Waals surface area contributed by atoms with Gasteiger partial charge in [-0.1, -0.05) is 5.16 Å². The zero-order chi connectivity index (χ0) is 14.2. The Hall–Kier alpha value is -0.950. The number of rotatable bonds is 5. The highest BCUT2D eigenvalue weighted by Gasteiger charge is 2.30. The zero-order valence-electron chi connectivity index (χ0n) is 11.8. The molecule has 1 saturated carbocycles. The van der Waals surface area contributed by atoms with Crippen molar-refractivity contribution in [1.82, 2.24) is 14.4 Å². The highest BCUT2D eigenvalue weighted by Crippen LogP contribution is 2.38. The summed E-state index contributed by atoms with van der Waals surface area (Å²) < 4.78 is 29.7. The van der Waals surface area contributed by atoms with Gasteiger partial charge in [0.15, 0.2) is 5.82 Å². The van der Waals surface area contributed by atoms with Gasteiger partial charge in [0, 0.05) is 25.4 Å². The number of sulfonamides is 1. The van der Waals surface area contributed by atoms with E-state index in [2.05, 4.69) is 10.1 Å². The molecule has 2 aliphatic rings. The van der Waals surface area contributed by atoms with Crippen LogP contribution in [0.2, 0.25) is 0 Å². The summed E-state index contributed by atoms with van der Waals surface area (Å²) in [7, 11) is -3.02. The topological polar surface area (TPSA) is 76.3 Å².